The Balaban J connectivity index is 0.000000246. The van der Waals surface area contributed by atoms with E-state index in [0.29, 0.717) is 19.3 Å². The molecule has 0 fully saturated rings. The number of benzene rings is 6. The van der Waals surface area contributed by atoms with Crippen molar-refractivity contribution >= 4 is 78.0 Å². The van der Waals surface area contributed by atoms with Crippen LogP contribution in [0.1, 0.15) is 40.0 Å². The molecular weight excluding hydrogens is 684 g/mol. The molecule has 12 nitrogen and oxygen atoms in total. The summed E-state index contributed by atoms with van der Waals surface area (Å²) in [6.07, 6.45) is 1.25. The lowest BCUT2D eigenvalue weighted by atomic mass is 9.98. The Hall–Kier alpha value is -5.92. The third-order valence-corrected chi connectivity index (χ3v) is 8.20. The average molecular weight is 739 g/mol. The molecule has 0 spiro atoms. The molecule has 0 atom stereocenters. The molecule has 12 heteroatoms. The fourth-order valence-electron chi connectivity index (χ4n) is 5.64. The first-order chi connectivity index (χ1) is 25.3. The monoisotopic (exact) mass is 738 g/mol. The number of nitrogens with two attached hydrogens (primary N) is 4. The number of anilines is 6. The van der Waals surface area contributed by atoms with Crippen LogP contribution >= 0.6 is 0 Å². The van der Waals surface area contributed by atoms with Gasteiger partial charge in [0.1, 0.15) is 17.2 Å². The second-order valence-electron chi connectivity index (χ2n) is 12.7. The molecule has 288 valence electrons. The molecule has 1 aliphatic heterocycles. The highest BCUT2D eigenvalue weighted by atomic mass is 16.3. The molecule has 0 aromatic heterocycles. The average Bonchev–Trinajstić information content (AvgIpc) is 3.10. The summed E-state index contributed by atoms with van der Waals surface area (Å²) in [5.41, 5.74) is 28.1. The van der Waals surface area contributed by atoms with Gasteiger partial charge in [0.25, 0.3) is 0 Å². The van der Waals surface area contributed by atoms with Gasteiger partial charge in [-0.3, -0.25) is 9.59 Å². The molecule has 1 aliphatic rings. The Morgan fingerprint density at radius 2 is 0.815 bits per heavy atom. The quantitative estimate of drug-likeness (QED) is 0.0913. The summed E-state index contributed by atoms with van der Waals surface area (Å²) in [6.45, 7) is 5.10. The van der Waals surface area contributed by atoms with E-state index in [-0.39, 0.29) is 42.5 Å². The second kappa shape index (κ2) is 21.6. The number of ketones is 2. The van der Waals surface area contributed by atoms with Crippen LogP contribution in [-0.2, 0) is 9.59 Å². The molecule has 15 N–H and O–H groups in total. The van der Waals surface area contributed by atoms with Crippen LogP contribution in [0.25, 0.3) is 32.3 Å². The van der Waals surface area contributed by atoms with Crippen molar-refractivity contribution in [1.82, 2.24) is 0 Å². The molecule has 0 bridgehead atoms. The lowest BCUT2D eigenvalue weighted by molar-refractivity contribution is -0.118. The lowest BCUT2D eigenvalue weighted by Crippen LogP contribution is -2.45. The predicted molar refractivity (Wildman–Crippen MR) is 225 cm³/mol. The van der Waals surface area contributed by atoms with Gasteiger partial charge in [0, 0.05) is 89.4 Å². The number of nitrogen functional groups attached to an aromatic ring is 4. The number of aliphatic hydroxyl groups excluding tert-OH is 3. The van der Waals surface area contributed by atoms with Crippen LogP contribution in [-0.4, -0.2) is 57.8 Å². The maximum absolute atomic E-state index is 9.88. The first-order valence-corrected chi connectivity index (χ1v) is 17.3. The molecule has 1 heterocycles. The highest BCUT2D eigenvalue weighted by Crippen LogP contribution is 2.38. The SMILES string of the molecule is CC(=O)CCO.CC(=O)CCO.CC1(CCO)Nc2cccc3cccc(c23)N1.Nc1cccc2cccc(N)c12.Nc1cccc2cccc(N)c12.O. The zero-order valence-corrected chi connectivity index (χ0v) is 31.1. The summed E-state index contributed by atoms with van der Waals surface area (Å²) in [5, 5.41) is 38.7. The molecule has 0 radical (unpaired) electrons. The van der Waals surface area contributed by atoms with E-state index in [1.165, 1.54) is 24.6 Å². The molecule has 0 amide bonds. The van der Waals surface area contributed by atoms with Gasteiger partial charge in [-0.25, -0.2) is 0 Å². The predicted octanol–water partition coefficient (Wildman–Crippen LogP) is 5.88. The van der Waals surface area contributed by atoms with Crippen molar-refractivity contribution in [1.29, 1.82) is 0 Å². The van der Waals surface area contributed by atoms with Crippen LogP contribution < -0.4 is 33.6 Å². The van der Waals surface area contributed by atoms with Crippen LogP contribution in [0, 0.1) is 0 Å². The minimum atomic E-state index is -0.280. The lowest BCUT2D eigenvalue weighted by Gasteiger charge is -2.38. The Morgan fingerprint density at radius 1 is 0.519 bits per heavy atom. The van der Waals surface area contributed by atoms with Crippen LogP contribution in [0.4, 0.5) is 34.1 Å². The third-order valence-electron chi connectivity index (χ3n) is 8.20. The van der Waals surface area contributed by atoms with E-state index < -0.39 is 0 Å². The minimum absolute atomic E-state index is 0. The van der Waals surface area contributed by atoms with Crippen LogP contribution in [0.5, 0.6) is 0 Å². The summed E-state index contributed by atoms with van der Waals surface area (Å²) in [4.78, 5) is 19.8. The standard InChI is InChI=1S/C14H16N2O.2C10H10N2.2C4H8O2.H2O/c1-14(8-9-17)15-11-6-2-4-10-5-3-7-12(16-14)13(10)11;2*11-8-5-1-3-7-4-2-6-9(12)10(7)8;2*1-4(6)2-3-5;/h2-7,15-17H,8-9H2,1H3;2*1-6H,11-12H2;2*5H,2-3H2,1H3;1H2. The van der Waals surface area contributed by atoms with E-state index >= 15 is 0 Å². The molecule has 0 unspecified atom stereocenters. The number of rotatable bonds is 6. The van der Waals surface area contributed by atoms with Gasteiger partial charge in [0.05, 0.1) is 0 Å². The zero-order valence-electron chi connectivity index (χ0n) is 31.1. The Bertz CT molecular complexity index is 1910. The summed E-state index contributed by atoms with van der Waals surface area (Å²) >= 11 is 0. The number of hydrogen-bond donors (Lipinski definition) is 9. The first-order valence-electron chi connectivity index (χ1n) is 17.3. The Kier molecular flexibility index (Phi) is 17.7. The van der Waals surface area contributed by atoms with E-state index in [9.17, 15) is 9.59 Å². The van der Waals surface area contributed by atoms with Crippen molar-refractivity contribution in [2.75, 3.05) is 53.4 Å². The molecule has 54 heavy (non-hydrogen) atoms. The number of hydrogen-bond acceptors (Lipinski definition) is 11. The van der Waals surface area contributed by atoms with Gasteiger partial charge >= 0.3 is 0 Å². The molecule has 6 aromatic carbocycles. The van der Waals surface area contributed by atoms with E-state index in [1.807, 2.05) is 72.8 Å². The van der Waals surface area contributed by atoms with Crippen molar-refractivity contribution in [3.63, 3.8) is 0 Å². The minimum Gasteiger partial charge on any atom is -0.412 e. The normalized spacial score (nSPS) is 11.6. The topological polar surface area (TPSA) is 254 Å². The summed E-state index contributed by atoms with van der Waals surface area (Å²) in [5.74, 6) is 0.0787. The third kappa shape index (κ3) is 12.6. The van der Waals surface area contributed by atoms with Gasteiger partial charge in [0.2, 0.25) is 0 Å². The second-order valence-corrected chi connectivity index (χ2v) is 12.7. The van der Waals surface area contributed by atoms with Crippen molar-refractivity contribution < 1.29 is 30.4 Å². The summed E-state index contributed by atoms with van der Waals surface area (Å²) in [6, 6.07) is 35.7. The molecule has 0 saturated heterocycles. The highest BCUT2D eigenvalue weighted by Gasteiger charge is 2.28. The van der Waals surface area contributed by atoms with Crippen LogP contribution in [0.2, 0.25) is 0 Å². The van der Waals surface area contributed by atoms with Gasteiger partial charge in [-0.05, 0) is 73.3 Å². The summed E-state index contributed by atoms with van der Waals surface area (Å²) < 4.78 is 0. The number of carbonyl (C=O) groups is 2. The summed E-state index contributed by atoms with van der Waals surface area (Å²) in [7, 11) is 0. The zero-order chi connectivity index (χ0) is 39.0. The highest BCUT2D eigenvalue weighted by molar-refractivity contribution is 6.05. The van der Waals surface area contributed by atoms with E-state index in [2.05, 4.69) is 54.0 Å². The van der Waals surface area contributed by atoms with Gasteiger partial charge in [-0.15, -0.1) is 0 Å². The van der Waals surface area contributed by atoms with Gasteiger partial charge in [0.15, 0.2) is 0 Å². The van der Waals surface area contributed by atoms with Crippen LogP contribution in [0.15, 0.2) is 109 Å². The van der Waals surface area contributed by atoms with Gasteiger partial charge in [-0.2, -0.15) is 0 Å². The van der Waals surface area contributed by atoms with Crippen molar-refractivity contribution in [2.45, 2.75) is 45.7 Å². The first kappa shape index (κ1) is 44.2. The fourth-order valence-corrected chi connectivity index (χ4v) is 5.64. The Morgan fingerprint density at radius 3 is 1.06 bits per heavy atom. The number of carbonyl (C=O) groups excluding carboxylic acids is 2. The maximum atomic E-state index is 9.88. The van der Waals surface area contributed by atoms with Crippen LogP contribution in [0.3, 0.4) is 0 Å². The largest absolute Gasteiger partial charge is 0.412 e. The molecule has 0 aliphatic carbocycles. The fraction of sp³-hybridized carbons (Fsp3) is 0.238. The maximum Gasteiger partial charge on any atom is 0.132 e. The molecule has 7 rings (SSSR count). The van der Waals surface area contributed by atoms with Gasteiger partial charge in [-0.1, -0.05) is 72.8 Å². The smallest absolute Gasteiger partial charge is 0.132 e. The van der Waals surface area contributed by atoms with E-state index in [4.69, 9.17) is 38.3 Å². The van der Waals surface area contributed by atoms with E-state index in [0.717, 1.165) is 55.7 Å². The number of aliphatic hydroxyl groups is 3. The van der Waals surface area contributed by atoms with Crippen molar-refractivity contribution in [3.8, 4) is 0 Å². The van der Waals surface area contributed by atoms with E-state index in [1.54, 1.807) is 0 Å². The number of fused-ring (bicyclic) bond motifs is 2. The number of Topliss-reactive ketones (excluding diaryl/α,β-unsaturated/α-hetero) is 2. The number of nitrogens with one attached hydrogen (secondary N) is 2. The van der Waals surface area contributed by atoms with Gasteiger partial charge < -0.3 is 54.4 Å². The molecular formula is C42H54N6O6. The van der Waals surface area contributed by atoms with Crippen molar-refractivity contribution in [3.05, 3.63) is 109 Å². The Labute approximate surface area is 316 Å². The molecule has 0 saturated carbocycles. The van der Waals surface area contributed by atoms with Crippen molar-refractivity contribution in [2.24, 2.45) is 0 Å². The molecule has 6 aromatic rings.